The SMILES string of the molecule is Cc1cc(C(=O)C[C@@H]2S/C(=N/N=C\c3ccco3)NC2=O)ccc1Cl. The highest BCUT2D eigenvalue weighted by Crippen LogP contribution is 2.25. The number of aryl methyl sites for hydroxylation is 1. The van der Waals surface area contributed by atoms with Crippen LogP contribution in [0, 0.1) is 6.92 Å². The second-order valence-electron chi connectivity index (χ2n) is 5.35. The Kier molecular flexibility index (Phi) is 5.35. The normalized spacial score (nSPS) is 18.9. The van der Waals surface area contributed by atoms with E-state index < -0.39 is 5.25 Å². The standard InChI is InChI=1S/C17H14ClN3O3S/c1-10-7-11(4-5-13(10)18)14(22)8-15-16(23)20-17(25-15)21-19-9-12-3-2-6-24-12/h2-7,9,15H,8H2,1H3,(H,20,21,23)/b19-9-/t15-/m0/s1. The lowest BCUT2D eigenvalue weighted by Crippen LogP contribution is -2.26. The maximum Gasteiger partial charge on any atom is 0.240 e. The van der Waals surface area contributed by atoms with Crippen molar-refractivity contribution in [1.29, 1.82) is 0 Å². The molecule has 1 atom stereocenters. The minimum atomic E-state index is -0.527. The molecule has 0 spiro atoms. The fraction of sp³-hybridized carbons (Fsp3) is 0.176. The predicted octanol–water partition coefficient (Wildman–Crippen LogP) is 3.44. The first-order valence-corrected chi connectivity index (χ1v) is 8.70. The zero-order valence-corrected chi connectivity index (χ0v) is 14.8. The molecule has 2 aromatic rings. The van der Waals surface area contributed by atoms with Crippen LogP contribution in [0.15, 0.2) is 51.2 Å². The third-order valence-electron chi connectivity index (χ3n) is 3.50. The number of hydrogen-bond acceptors (Lipinski definition) is 6. The Hall–Kier alpha value is -2.38. The third kappa shape index (κ3) is 4.37. The maximum atomic E-state index is 12.4. The fourth-order valence-electron chi connectivity index (χ4n) is 2.19. The molecule has 3 rings (SSSR count). The average Bonchev–Trinajstić information content (AvgIpc) is 3.20. The van der Waals surface area contributed by atoms with Crippen LogP contribution >= 0.6 is 23.4 Å². The van der Waals surface area contributed by atoms with E-state index in [2.05, 4.69) is 15.5 Å². The van der Waals surface area contributed by atoms with E-state index in [0.29, 0.717) is 21.5 Å². The number of thioether (sulfide) groups is 1. The summed E-state index contributed by atoms with van der Waals surface area (Å²) in [5.74, 6) is 0.187. The van der Waals surface area contributed by atoms with Crippen molar-refractivity contribution in [3.63, 3.8) is 0 Å². The molecule has 0 aliphatic carbocycles. The second kappa shape index (κ2) is 7.67. The van der Waals surface area contributed by atoms with Crippen molar-refractivity contribution in [3.05, 3.63) is 58.5 Å². The maximum absolute atomic E-state index is 12.4. The van der Waals surface area contributed by atoms with E-state index in [0.717, 1.165) is 5.56 Å². The van der Waals surface area contributed by atoms with Gasteiger partial charge in [0.15, 0.2) is 11.0 Å². The summed E-state index contributed by atoms with van der Waals surface area (Å²) in [5.41, 5.74) is 1.36. The summed E-state index contributed by atoms with van der Waals surface area (Å²) >= 11 is 7.15. The number of hydrogen-bond donors (Lipinski definition) is 1. The number of rotatable bonds is 5. The molecular weight excluding hydrogens is 362 g/mol. The molecule has 8 heteroatoms. The van der Waals surface area contributed by atoms with E-state index in [1.807, 2.05) is 6.92 Å². The zero-order valence-electron chi connectivity index (χ0n) is 13.2. The summed E-state index contributed by atoms with van der Waals surface area (Å²) in [6.07, 6.45) is 3.05. The Bertz CT molecular complexity index is 862. The number of Topliss-reactive ketones (excluding diaryl/α,β-unsaturated/α-hetero) is 1. The first-order chi connectivity index (χ1) is 12.0. The number of amides is 1. The molecule has 2 heterocycles. The summed E-state index contributed by atoms with van der Waals surface area (Å²) in [7, 11) is 0. The lowest BCUT2D eigenvalue weighted by molar-refractivity contribution is -0.118. The number of carbonyl (C=O) groups is 2. The number of nitrogens with zero attached hydrogens (tertiary/aromatic N) is 2. The van der Waals surface area contributed by atoms with Gasteiger partial charge in [-0.25, -0.2) is 0 Å². The van der Waals surface area contributed by atoms with Crippen LogP contribution < -0.4 is 5.32 Å². The Morgan fingerprint density at radius 1 is 1.44 bits per heavy atom. The summed E-state index contributed by atoms with van der Waals surface area (Å²) in [5, 5.41) is 10.8. The van der Waals surface area contributed by atoms with Crippen molar-refractivity contribution >= 4 is 46.4 Å². The van der Waals surface area contributed by atoms with Gasteiger partial charge < -0.3 is 9.73 Å². The van der Waals surface area contributed by atoms with Crippen LogP contribution in [-0.4, -0.2) is 28.3 Å². The van der Waals surface area contributed by atoms with Crippen molar-refractivity contribution in [2.24, 2.45) is 10.2 Å². The number of ketones is 1. The molecule has 1 aliphatic heterocycles. The highest BCUT2D eigenvalue weighted by atomic mass is 35.5. The zero-order chi connectivity index (χ0) is 17.8. The summed E-state index contributed by atoms with van der Waals surface area (Å²) in [6.45, 7) is 1.83. The molecule has 0 radical (unpaired) electrons. The van der Waals surface area contributed by atoms with E-state index >= 15 is 0 Å². The van der Waals surface area contributed by atoms with Gasteiger partial charge in [-0.05, 0) is 42.8 Å². The summed E-state index contributed by atoms with van der Waals surface area (Å²) < 4.78 is 5.09. The molecule has 1 aromatic heterocycles. The Morgan fingerprint density at radius 2 is 2.28 bits per heavy atom. The van der Waals surface area contributed by atoms with E-state index in [1.54, 1.807) is 30.3 Å². The smallest absolute Gasteiger partial charge is 0.240 e. The monoisotopic (exact) mass is 375 g/mol. The Morgan fingerprint density at radius 3 is 3.00 bits per heavy atom. The highest BCUT2D eigenvalue weighted by Gasteiger charge is 2.32. The minimum absolute atomic E-state index is 0.0818. The predicted molar refractivity (Wildman–Crippen MR) is 98.4 cm³/mol. The van der Waals surface area contributed by atoms with Gasteiger partial charge in [0.2, 0.25) is 5.91 Å². The summed E-state index contributed by atoms with van der Waals surface area (Å²) in [6, 6.07) is 8.55. The van der Waals surface area contributed by atoms with E-state index in [1.165, 1.54) is 24.2 Å². The largest absolute Gasteiger partial charge is 0.463 e. The van der Waals surface area contributed by atoms with E-state index in [4.69, 9.17) is 16.0 Å². The molecule has 1 amide bonds. The number of furan rings is 1. The molecule has 0 bridgehead atoms. The van der Waals surface area contributed by atoms with Gasteiger partial charge in [-0.2, -0.15) is 5.10 Å². The molecule has 0 saturated carbocycles. The van der Waals surface area contributed by atoms with Gasteiger partial charge in [0.1, 0.15) is 5.76 Å². The van der Waals surface area contributed by atoms with Gasteiger partial charge in [0.25, 0.3) is 0 Å². The molecular formula is C17H14ClN3O3S. The number of nitrogens with one attached hydrogen (secondary N) is 1. The number of halogens is 1. The first kappa shape index (κ1) is 17.4. The van der Waals surface area contributed by atoms with Crippen LogP contribution in [0.1, 0.15) is 28.1 Å². The third-order valence-corrected chi connectivity index (χ3v) is 5.00. The number of amidine groups is 1. The Balaban J connectivity index is 1.62. The first-order valence-electron chi connectivity index (χ1n) is 7.44. The van der Waals surface area contributed by atoms with Gasteiger partial charge in [0.05, 0.1) is 17.7 Å². The average molecular weight is 376 g/mol. The fourth-order valence-corrected chi connectivity index (χ4v) is 3.24. The van der Waals surface area contributed by atoms with Crippen LogP contribution in [0.2, 0.25) is 5.02 Å². The lowest BCUT2D eigenvalue weighted by atomic mass is 10.0. The molecule has 1 aliphatic rings. The summed E-state index contributed by atoms with van der Waals surface area (Å²) in [4.78, 5) is 24.4. The lowest BCUT2D eigenvalue weighted by Gasteiger charge is -2.06. The van der Waals surface area contributed by atoms with Gasteiger partial charge in [-0.3, -0.25) is 9.59 Å². The van der Waals surface area contributed by atoms with Crippen LogP contribution in [0.5, 0.6) is 0 Å². The van der Waals surface area contributed by atoms with Crippen molar-refractivity contribution in [2.75, 3.05) is 0 Å². The van der Waals surface area contributed by atoms with Gasteiger partial charge in [0, 0.05) is 17.0 Å². The van der Waals surface area contributed by atoms with Crippen molar-refractivity contribution in [1.82, 2.24) is 5.32 Å². The molecule has 128 valence electrons. The number of benzene rings is 1. The second-order valence-corrected chi connectivity index (χ2v) is 6.95. The molecule has 1 saturated heterocycles. The highest BCUT2D eigenvalue weighted by molar-refractivity contribution is 8.15. The van der Waals surface area contributed by atoms with Crippen LogP contribution in [0.3, 0.4) is 0 Å². The van der Waals surface area contributed by atoms with Crippen LogP contribution in [-0.2, 0) is 4.79 Å². The molecule has 25 heavy (non-hydrogen) atoms. The van der Waals surface area contributed by atoms with Crippen molar-refractivity contribution in [2.45, 2.75) is 18.6 Å². The minimum Gasteiger partial charge on any atom is -0.463 e. The van der Waals surface area contributed by atoms with Gasteiger partial charge in [-0.15, -0.1) is 5.10 Å². The number of carbonyl (C=O) groups excluding carboxylic acids is 2. The van der Waals surface area contributed by atoms with Gasteiger partial charge in [-0.1, -0.05) is 23.4 Å². The van der Waals surface area contributed by atoms with Gasteiger partial charge >= 0.3 is 0 Å². The molecule has 6 nitrogen and oxygen atoms in total. The molecule has 1 aromatic carbocycles. The Labute approximate surface area is 153 Å². The van der Waals surface area contributed by atoms with E-state index in [9.17, 15) is 9.59 Å². The van der Waals surface area contributed by atoms with Crippen molar-refractivity contribution in [3.8, 4) is 0 Å². The molecule has 0 unspecified atom stereocenters. The molecule has 1 fully saturated rings. The van der Waals surface area contributed by atoms with Crippen LogP contribution in [0.4, 0.5) is 0 Å². The quantitative estimate of drug-likeness (QED) is 0.493. The van der Waals surface area contributed by atoms with E-state index in [-0.39, 0.29) is 18.1 Å². The topological polar surface area (TPSA) is 84.0 Å². The van der Waals surface area contributed by atoms with Crippen molar-refractivity contribution < 1.29 is 14.0 Å². The molecule has 1 N–H and O–H groups in total. The van der Waals surface area contributed by atoms with Crippen LogP contribution in [0.25, 0.3) is 0 Å².